The Morgan fingerprint density at radius 2 is 1.88 bits per heavy atom. The van der Waals surface area contributed by atoms with Crippen LogP contribution in [0.2, 0.25) is 5.02 Å². The molecular formula is C17H14ClF2IN2O. The highest BCUT2D eigenvalue weighted by Crippen LogP contribution is 2.32. The number of hydrogen-bond donors (Lipinski definition) is 1. The van der Waals surface area contributed by atoms with Gasteiger partial charge >= 0.3 is 0 Å². The van der Waals surface area contributed by atoms with E-state index in [9.17, 15) is 13.6 Å². The molecule has 1 heterocycles. The van der Waals surface area contributed by atoms with E-state index in [4.69, 9.17) is 11.6 Å². The van der Waals surface area contributed by atoms with Crippen molar-refractivity contribution in [2.75, 3.05) is 18.4 Å². The summed E-state index contributed by atoms with van der Waals surface area (Å²) >= 11 is 8.25. The van der Waals surface area contributed by atoms with Gasteiger partial charge in [0.1, 0.15) is 0 Å². The maximum Gasteiger partial charge on any atom is 0.256 e. The van der Waals surface area contributed by atoms with Gasteiger partial charge in [0.2, 0.25) is 0 Å². The van der Waals surface area contributed by atoms with Crippen molar-refractivity contribution in [1.82, 2.24) is 4.90 Å². The fourth-order valence-corrected chi connectivity index (χ4v) is 3.57. The Morgan fingerprint density at radius 1 is 1.17 bits per heavy atom. The Labute approximate surface area is 157 Å². The lowest BCUT2D eigenvalue weighted by Gasteiger charge is -2.19. The molecule has 2 aromatic rings. The summed E-state index contributed by atoms with van der Waals surface area (Å²) in [4.78, 5) is 14.3. The third-order valence-electron chi connectivity index (χ3n) is 3.91. The van der Waals surface area contributed by atoms with Crippen LogP contribution in [0.15, 0.2) is 30.3 Å². The smallest absolute Gasteiger partial charge is 0.256 e. The van der Waals surface area contributed by atoms with Gasteiger partial charge < -0.3 is 10.2 Å². The third-order valence-corrected chi connectivity index (χ3v) is 4.89. The molecule has 2 aromatic carbocycles. The molecule has 3 rings (SSSR count). The zero-order chi connectivity index (χ0) is 17.3. The summed E-state index contributed by atoms with van der Waals surface area (Å²) in [5.41, 5.74) is 0.331. The van der Waals surface area contributed by atoms with Gasteiger partial charge in [0.15, 0.2) is 11.6 Å². The minimum atomic E-state index is -1.09. The fourth-order valence-electron chi connectivity index (χ4n) is 2.67. The second kappa shape index (κ2) is 7.23. The second-order valence-electron chi connectivity index (χ2n) is 5.53. The molecule has 0 unspecified atom stereocenters. The van der Waals surface area contributed by atoms with Crippen LogP contribution in [0.1, 0.15) is 23.2 Å². The van der Waals surface area contributed by atoms with Crippen molar-refractivity contribution < 1.29 is 13.6 Å². The van der Waals surface area contributed by atoms with E-state index in [-0.39, 0.29) is 17.2 Å². The van der Waals surface area contributed by atoms with Gasteiger partial charge in [-0.2, -0.15) is 0 Å². The predicted molar refractivity (Wildman–Crippen MR) is 98.9 cm³/mol. The van der Waals surface area contributed by atoms with E-state index >= 15 is 0 Å². The largest absolute Gasteiger partial charge is 0.351 e. The van der Waals surface area contributed by atoms with Gasteiger partial charge in [-0.15, -0.1) is 0 Å². The molecule has 1 amide bonds. The lowest BCUT2D eigenvalue weighted by atomic mass is 10.1. The molecule has 0 saturated carbocycles. The van der Waals surface area contributed by atoms with Gasteiger partial charge in [-0.25, -0.2) is 8.78 Å². The summed E-state index contributed by atoms with van der Waals surface area (Å²) < 4.78 is 29.0. The van der Waals surface area contributed by atoms with E-state index in [1.165, 1.54) is 6.07 Å². The average Bonchev–Trinajstić information content (AvgIpc) is 3.08. The Bertz CT molecular complexity index is 794. The molecule has 126 valence electrons. The van der Waals surface area contributed by atoms with Crippen LogP contribution in [0.5, 0.6) is 0 Å². The molecule has 1 aliphatic heterocycles. The minimum Gasteiger partial charge on any atom is -0.351 e. The molecule has 0 spiro atoms. The molecule has 1 fully saturated rings. The summed E-state index contributed by atoms with van der Waals surface area (Å²) in [7, 11) is 0. The highest BCUT2D eigenvalue weighted by Gasteiger charge is 2.25. The number of benzene rings is 2. The molecule has 24 heavy (non-hydrogen) atoms. The van der Waals surface area contributed by atoms with Crippen molar-refractivity contribution in [2.24, 2.45) is 0 Å². The van der Waals surface area contributed by atoms with Crippen molar-refractivity contribution in [3.05, 3.63) is 56.1 Å². The summed E-state index contributed by atoms with van der Waals surface area (Å²) in [5, 5.41) is 3.15. The fraction of sp³-hybridized carbons (Fsp3) is 0.235. The van der Waals surface area contributed by atoms with E-state index in [1.807, 2.05) is 0 Å². The third kappa shape index (κ3) is 3.49. The summed E-state index contributed by atoms with van der Waals surface area (Å²) in [5.74, 6) is -2.41. The molecule has 7 heteroatoms. The highest BCUT2D eigenvalue weighted by molar-refractivity contribution is 14.1. The van der Waals surface area contributed by atoms with Crippen molar-refractivity contribution >= 4 is 51.5 Å². The van der Waals surface area contributed by atoms with Crippen molar-refractivity contribution in [1.29, 1.82) is 0 Å². The van der Waals surface area contributed by atoms with Gasteiger partial charge in [-0.1, -0.05) is 11.6 Å². The number of halogens is 4. The molecule has 0 aliphatic carbocycles. The van der Waals surface area contributed by atoms with Gasteiger partial charge in [0.05, 0.1) is 22.0 Å². The quantitative estimate of drug-likeness (QED) is 0.636. The molecule has 1 aliphatic rings. The molecule has 0 bridgehead atoms. The van der Waals surface area contributed by atoms with Crippen LogP contribution in [0.4, 0.5) is 20.2 Å². The SMILES string of the molecule is O=C(c1ccc(F)c(F)c1Nc1ccc(I)cc1Cl)N1CCCC1. The second-order valence-corrected chi connectivity index (χ2v) is 7.19. The van der Waals surface area contributed by atoms with Crippen LogP contribution in [0, 0.1) is 15.2 Å². The number of nitrogens with zero attached hydrogens (tertiary/aromatic N) is 1. The topological polar surface area (TPSA) is 32.3 Å². The number of anilines is 2. The lowest BCUT2D eigenvalue weighted by molar-refractivity contribution is 0.0793. The number of rotatable bonds is 3. The first-order valence-corrected chi connectivity index (χ1v) is 8.92. The van der Waals surface area contributed by atoms with Crippen molar-refractivity contribution in [2.45, 2.75) is 12.8 Å². The van der Waals surface area contributed by atoms with E-state index in [0.717, 1.165) is 22.5 Å². The zero-order valence-electron chi connectivity index (χ0n) is 12.6. The molecule has 3 nitrogen and oxygen atoms in total. The first-order valence-electron chi connectivity index (χ1n) is 7.46. The Kier molecular flexibility index (Phi) is 5.24. The number of likely N-dealkylation sites (tertiary alicyclic amines) is 1. The maximum absolute atomic E-state index is 14.4. The number of hydrogen-bond acceptors (Lipinski definition) is 2. The first-order chi connectivity index (χ1) is 11.5. The van der Waals surface area contributed by atoms with Gasteiger partial charge in [-0.05, 0) is 65.8 Å². The molecule has 0 atom stereocenters. The highest BCUT2D eigenvalue weighted by atomic mass is 127. The van der Waals surface area contributed by atoms with Crippen LogP contribution in [0.25, 0.3) is 0 Å². The van der Waals surface area contributed by atoms with E-state index in [1.54, 1.807) is 23.1 Å². The Morgan fingerprint density at radius 3 is 2.54 bits per heavy atom. The minimum absolute atomic E-state index is 0.102. The standard InChI is InChI=1S/C17H14ClF2IN2O/c18-12-9-10(21)3-6-14(12)22-16-11(4-5-13(19)15(16)20)17(24)23-7-1-2-8-23/h3-6,9,22H,1-2,7-8H2. The maximum atomic E-state index is 14.4. The number of carbonyl (C=O) groups excluding carboxylic acids is 1. The van der Waals surface area contributed by atoms with Crippen LogP contribution in [-0.2, 0) is 0 Å². The van der Waals surface area contributed by atoms with Crippen LogP contribution >= 0.6 is 34.2 Å². The molecule has 1 saturated heterocycles. The number of carbonyl (C=O) groups is 1. The van der Waals surface area contributed by atoms with E-state index < -0.39 is 11.6 Å². The molecule has 1 N–H and O–H groups in total. The van der Waals surface area contributed by atoms with Gasteiger partial charge in [0, 0.05) is 16.7 Å². The number of amides is 1. The normalized spacial score (nSPS) is 14.1. The van der Waals surface area contributed by atoms with E-state index in [0.29, 0.717) is 23.8 Å². The Hall–Kier alpha value is -1.41. The van der Waals surface area contributed by atoms with Crippen LogP contribution < -0.4 is 5.32 Å². The van der Waals surface area contributed by atoms with Crippen LogP contribution in [0.3, 0.4) is 0 Å². The van der Waals surface area contributed by atoms with Crippen LogP contribution in [-0.4, -0.2) is 23.9 Å². The summed E-state index contributed by atoms with van der Waals surface area (Å²) in [6, 6.07) is 7.43. The van der Waals surface area contributed by atoms with Gasteiger partial charge in [-0.3, -0.25) is 4.79 Å². The Balaban J connectivity index is 2.01. The van der Waals surface area contributed by atoms with Crippen molar-refractivity contribution in [3.8, 4) is 0 Å². The molecule has 0 aromatic heterocycles. The first kappa shape index (κ1) is 17.4. The zero-order valence-corrected chi connectivity index (χ0v) is 15.5. The average molecular weight is 463 g/mol. The number of nitrogens with one attached hydrogen (secondary N) is 1. The monoisotopic (exact) mass is 462 g/mol. The predicted octanol–water partition coefficient (Wildman–Crippen LogP) is 5.20. The summed E-state index contributed by atoms with van der Waals surface area (Å²) in [6.07, 6.45) is 1.84. The molecular weight excluding hydrogens is 449 g/mol. The van der Waals surface area contributed by atoms with Gasteiger partial charge in [0.25, 0.3) is 5.91 Å². The van der Waals surface area contributed by atoms with E-state index in [2.05, 4.69) is 27.9 Å². The lowest BCUT2D eigenvalue weighted by Crippen LogP contribution is -2.28. The van der Waals surface area contributed by atoms with Crippen molar-refractivity contribution in [3.63, 3.8) is 0 Å². The summed E-state index contributed by atoms with van der Waals surface area (Å²) in [6.45, 7) is 1.25. The molecule has 0 radical (unpaired) electrons.